The van der Waals surface area contributed by atoms with Gasteiger partial charge in [0, 0.05) is 11.8 Å². The van der Waals surface area contributed by atoms with Gasteiger partial charge in [-0.15, -0.1) is 0 Å². The first-order chi connectivity index (χ1) is 6.92. The van der Waals surface area contributed by atoms with E-state index in [-0.39, 0.29) is 5.56 Å². The molecule has 0 bridgehead atoms. The number of pyridine rings is 1. The molecule has 0 saturated carbocycles. The predicted octanol–water partition coefficient (Wildman–Crippen LogP) is 1.88. The van der Waals surface area contributed by atoms with Gasteiger partial charge in [0.1, 0.15) is 0 Å². The largest absolute Gasteiger partial charge is 0.469 e. The van der Waals surface area contributed by atoms with Crippen LogP contribution in [0.25, 0.3) is 0 Å². The molecule has 7 heteroatoms. The molecule has 0 aromatic carbocycles. The van der Waals surface area contributed by atoms with Crippen molar-refractivity contribution in [1.82, 2.24) is 4.98 Å². The third kappa shape index (κ3) is 3.83. The van der Waals surface area contributed by atoms with Crippen LogP contribution in [-0.4, -0.2) is 23.5 Å². The summed E-state index contributed by atoms with van der Waals surface area (Å²) >= 11 is 0. The molecular weight excluding hydrogens is 230 g/mol. The minimum Gasteiger partial charge on any atom is -0.469 e. The Hall–Kier alpha value is -1.16. The highest BCUT2D eigenvalue weighted by atomic mass is 31.0. The highest BCUT2D eigenvalue weighted by molar-refractivity contribution is 7.18. The molecule has 1 unspecified atom stereocenters. The van der Waals surface area contributed by atoms with Gasteiger partial charge in [-0.1, -0.05) is 9.24 Å². The van der Waals surface area contributed by atoms with Crippen LogP contribution in [0.1, 0.15) is 10.4 Å². The van der Waals surface area contributed by atoms with Crippen LogP contribution in [0, 0.1) is 5.82 Å². The summed E-state index contributed by atoms with van der Waals surface area (Å²) in [5, 5.41) is 0. The van der Waals surface area contributed by atoms with Gasteiger partial charge in [0.2, 0.25) is 0 Å². The molecule has 1 aromatic rings. The number of rotatable bonds is 4. The van der Waals surface area contributed by atoms with E-state index in [1.807, 2.05) is 0 Å². The van der Waals surface area contributed by atoms with Crippen LogP contribution in [0.3, 0.4) is 0 Å². The van der Waals surface area contributed by atoms with E-state index in [9.17, 15) is 18.0 Å². The Morgan fingerprint density at radius 1 is 1.60 bits per heavy atom. The number of nitrogens with zero attached hydrogens (tertiary/aromatic N) is 1. The number of hydrogen-bond donors (Lipinski definition) is 0. The van der Waals surface area contributed by atoms with Gasteiger partial charge in [-0.3, -0.25) is 4.79 Å². The fraction of sp³-hybridized carbons (Fsp3) is 0.250. The fourth-order valence-electron chi connectivity index (χ4n) is 0.775. The number of aldehydes is 1. The monoisotopic (exact) mass is 237 g/mol. The fourth-order valence-corrected chi connectivity index (χ4v) is 0.859. The molecule has 0 amide bonds. The van der Waals surface area contributed by atoms with Crippen LogP contribution in [-0.2, 0) is 0 Å². The number of hydrogen-bond acceptors (Lipinski definition) is 3. The average molecular weight is 237 g/mol. The van der Waals surface area contributed by atoms with Crippen molar-refractivity contribution in [1.29, 1.82) is 0 Å². The molecular formula is C8H7F3NO2P. The lowest BCUT2D eigenvalue weighted by molar-refractivity contribution is 0.0425. The van der Waals surface area contributed by atoms with Crippen molar-refractivity contribution in [3.8, 4) is 5.88 Å². The minimum absolute atomic E-state index is 0.0116. The summed E-state index contributed by atoms with van der Waals surface area (Å²) in [6.45, 7) is -0.998. The van der Waals surface area contributed by atoms with E-state index in [1.54, 1.807) is 0 Å². The summed E-state index contributed by atoms with van der Waals surface area (Å²) in [6.07, 6.45) is 1.43. The van der Waals surface area contributed by atoms with Crippen molar-refractivity contribution in [3.63, 3.8) is 0 Å². The molecule has 1 rings (SSSR count). The quantitative estimate of drug-likeness (QED) is 0.592. The standard InChI is InChI=1S/C8H7F3NO2P/c9-6-1-5(3-13)2-12-7(6)14-4-8(10,11)15/h1-3H,4,15H2. The van der Waals surface area contributed by atoms with Gasteiger partial charge in [-0.2, -0.15) is 8.78 Å². The molecule has 1 atom stereocenters. The first kappa shape index (κ1) is 11.9. The smallest absolute Gasteiger partial charge is 0.292 e. The van der Waals surface area contributed by atoms with Gasteiger partial charge in [0.25, 0.3) is 11.5 Å². The van der Waals surface area contributed by atoms with Gasteiger partial charge >= 0.3 is 0 Å². The van der Waals surface area contributed by atoms with E-state index in [2.05, 4.69) is 9.72 Å². The maximum atomic E-state index is 13.0. The summed E-state index contributed by atoms with van der Waals surface area (Å²) in [4.78, 5) is 13.6. The average Bonchev–Trinajstić information content (AvgIpc) is 2.14. The Labute approximate surface area is 85.8 Å². The van der Waals surface area contributed by atoms with E-state index < -0.39 is 24.0 Å². The Balaban J connectivity index is 2.74. The maximum Gasteiger partial charge on any atom is 0.292 e. The summed E-state index contributed by atoms with van der Waals surface area (Å²) in [5.41, 5.74) is -3.13. The van der Waals surface area contributed by atoms with Crippen LogP contribution < -0.4 is 4.74 Å². The molecule has 1 heterocycles. The molecule has 0 aliphatic rings. The van der Waals surface area contributed by atoms with Crippen molar-refractivity contribution in [2.24, 2.45) is 0 Å². The zero-order valence-corrected chi connectivity index (χ0v) is 8.57. The molecule has 0 saturated heterocycles. The van der Waals surface area contributed by atoms with Gasteiger partial charge in [-0.25, -0.2) is 9.37 Å². The molecule has 15 heavy (non-hydrogen) atoms. The molecule has 3 nitrogen and oxygen atoms in total. The third-order valence-electron chi connectivity index (χ3n) is 1.37. The lowest BCUT2D eigenvalue weighted by atomic mass is 10.3. The van der Waals surface area contributed by atoms with Gasteiger partial charge < -0.3 is 4.74 Å². The first-order valence-corrected chi connectivity index (χ1v) is 4.40. The number of halogens is 3. The molecule has 0 radical (unpaired) electrons. The van der Waals surface area contributed by atoms with Gasteiger partial charge in [0.15, 0.2) is 18.7 Å². The summed E-state index contributed by atoms with van der Waals surface area (Å²) < 4.78 is 42.1. The number of alkyl halides is 2. The number of aromatic nitrogens is 1. The Morgan fingerprint density at radius 2 is 2.27 bits per heavy atom. The van der Waals surface area contributed by atoms with Gasteiger partial charge in [0.05, 0.1) is 0 Å². The zero-order chi connectivity index (χ0) is 11.5. The van der Waals surface area contributed by atoms with E-state index >= 15 is 0 Å². The Bertz CT molecular complexity index is 367. The predicted molar refractivity (Wildman–Crippen MR) is 49.7 cm³/mol. The number of ether oxygens (including phenoxy) is 1. The van der Waals surface area contributed by atoms with Crippen LogP contribution in [0.4, 0.5) is 13.2 Å². The lowest BCUT2D eigenvalue weighted by Gasteiger charge is -2.11. The second-order valence-corrected chi connectivity index (χ2v) is 3.57. The summed E-state index contributed by atoms with van der Waals surface area (Å²) in [5.74, 6) is -1.50. The minimum atomic E-state index is -3.14. The molecule has 82 valence electrons. The lowest BCUT2D eigenvalue weighted by Crippen LogP contribution is -2.18. The highest BCUT2D eigenvalue weighted by Crippen LogP contribution is 2.23. The van der Waals surface area contributed by atoms with Crippen LogP contribution in [0.15, 0.2) is 12.3 Å². The first-order valence-electron chi connectivity index (χ1n) is 3.82. The molecule has 1 aromatic heterocycles. The Kier molecular flexibility index (Phi) is 3.63. The van der Waals surface area contributed by atoms with Crippen molar-refractivity contribution < 1.29 is 22.7 Å². The second kappa shape index (κ2) is 4.57. The number of carbonyl (C=O) groups excluding carboxylic acids is 1. The molecule has 0 spiro atoms. The molecule has 0 N–H and O–H groups in total. The number of carbonyl (C=O) groups is 1. The molecule has 0 fully saturated rings. The third-order valence-corrected chi connectivity index (χ3v) is 1.53. The summed E-state index contributed by atoms with van der Waals surface area (Å²) in [6, 6.07) is 0.857. The van der Waals surface area contributed by atoms with Gasteiger partial charge in [-0.05, 0) is 6.07 Å². The second-order valence-electron chi connectivity index (χ2n) is 2.72. The zero-order valence-electron chi connectivity index (χ0n) is 7.41. The maximum absolute atomic E-state index is 13.0. The van der Waals surface area contributed by atoms with E-state index in [1.165, 1.54) is 9.24 Å². The molecule has 0 aliphatic carbocycles. The summed E-state index contributed by atoms with van der Waals surface area (Å²) in [7, 11) is 1.26. The topological polar surface area (TPSA) is 39.2 Å². The van der Waals surface area contributed by atoms with Crippen molar-refractivity contribution in [3.05, 3.63) is 23.6 Å². The van der Waals surface area contributed by atoms with Crippen molar-refractivity contribution in [2.75, 3.05) is 6.61 Å². The van der Waals surface area contributed by atoms with Crippen molar-refractivity contribution in [2.45, 2.75) is 5.66 Å². The van der Waals surface area contributed by atoms with E-state index in [0.29, 0.717) is 6.29 Å². The SMILES string of the molecule is O=Cc1cnc(OCC(F)(F)P)c(F)c1. The van der Waals surface area contributed by atoms with Crippen LogP contribution >= 0.6 is 9.24 Å². The van der Waals surface area contributed by atoms with Crippen molar-refractivity contribution >= 4 is 15.5 Å². The normalized spacial score (nSPS) is 11.2. The van der Waals surface area contributed by atoms with Crippen LogP contribution in [0.5, 0.6) is 5.88 Å². The van der Waals surface area contributed by atoms with E-state index in [4.69, 9.17) is 0 Å². The van der Waals surface area contributed by atoms with Crippen LogP contribution in [0.2, 0.25) is 0 Å². The molecule has 0 aliphatic heterocycles. The highest BCUT2D eigenvalue weighted by Gasteiger charge is 2.23. The van der Waals surface area contributed by atoms with E-state index in [0.717, 1.165) is 12.3 Å². The Morgan fingerprint density at radius 3 is 2.73 bits per heavy atom.